The molecule has 2 aliphatic rings. The van der Waals surface area contributed by atoms with Crippen LogP contribution in [0.1, 0.15) is 60.6 Å². The van der Waals surface area contributed by atoms with Gasteiger partial charge in [-0.15, -0.1) is 0 Å². The second-order valence-corrected chi connectivity index (χ2v) is 6.58. The normalized spacial score (nSPS) is 25.7. The van der Waals surface area contributed by atoms with Gasteiger partial charge in [0.2, 0.25) is 0 Å². The summed E-state index contributed by atoms with van der Waals surface area (Å²) in [5, 5.41) is 6.69. The summed E-state index contributed by atoms with van der Waals surface area (Å²) < 4.78 is 0. The zero-order chi connectivity index (χ0) is 14.8. The average molecular weight is 286 g/mol. The van der Waals surface area contributed by atoms with Crippen LogP contribution in [0.2, 0.25) is 0 Å². The molecule has 1 aromatic rings. The quantitative estimate of drug-likeness (QED) is 0.873. The van der Waals surface area contributed by atoms with E-state index in [1.165, 1.54) is 17.5 Å². The van der Waals surface area contributed by atoms with E-state index >= 15 is 0 Å². The van der Waals surface area contributed by atoms with Crippen LogP contribution in [0.3, 0.4) is 0 Å². The van der Waals surface area contributed by atoms with Crippen molar-refractivity contribution >= 4 is 5.91 Å². The second-order valence-electron chi connectivity index (χ2n) is 6.58. The maximum Gasteiger partial charge on any atom is 0.251 e. The topological polar surface area (TPSA) is 41.1 Å². The predicted octanol–water partition coefficient (Wildman–Crippen LogP) is 3.06. The van der Waals surface area contributed by atoms with Gasteiger partial charge in [0, 0.05) is 18.2 Å². The molecule has 0 aromatic heterocycles. The summed E-state index contributed by atoms with van der Waals surface area (Å²) >= 11 is 0. The highest BCUT2D eigenvalue weighted by Gasteiger charge is 2.40. The van der Waals surface area contributed by atoms with Crippen LogP contribution in [0.15, 0.2) is 18.2 Å². The highest BCUT2D eigenvalue weighted by Crippen LogP contribution is 2.47. The van der Waals surface area contributed by atoms with Gasteiger partial charge in [0.05, 0.1) is 0 Å². The predicted molar refractivity (Wildman–Crippen MR) is 85.4 cm³/mol. The van der Waals surface area contributed by atoms with E-state index < -0.39 is 0 Å². The van der Waals surface area contributed by atoms with E-state index in [1.54, 1.807) is 0 Å². The van der Waals surface area contributed by atoms with Gasteiger partial charge in [-0.25, -0.2) is 0 Å². The minimum Gasteiger partial charge on any atom is -0.352 e. The SMILES string of the molecule is CCCNC(c1ccc2c(c1)C(=O)NCCC2)C1CC1C. The summed E-state index contributed by atoms with van der Waals surface area (Å²) in [5.74, 6) is 1.62. The second kappa shape index (κ2) is 6.18. The molecule has 3 unspecified atom stereocenters. The zero-order valence-electron chi connectivity index (χ0n) is 13.1. The van der Waals surface area contributed by atoms with Crippen LogP contribution in [-0.4, -0.2) is 19.0 Å². The number of hydrogen-bond acceptors (Lipinski definition) is 2. The van der Waals surface area contributed by atoms with Crippen molar-refractivity contribution in [3.63, 3.8) is 0 Å². The van der Waals surface area contributed by atoms with Crippen molar-refractivity contribution in [1.82, 2.24) is 10.6 Å². The molecule has 0 radical (unpaired) electrons. The van der Waals surface area contributed by atoms with Gasteiger partial charge in [0.25, 0.3) is 5.91 Å². The van der Waals surface area contributed by atoms with Crippen LogP contribution in [0, 0.1) is 11.8 Å². The Morgan fingerprint density at radius 2 is 2.24 bits per heavy atom. The lowest BCUT2D eigenvalue weighted by molar-refractivity contribution is 0.0956. The Morgan fingerprint density at radius 1 is 1.43 bits per heavy atom. The van der Waals surface area contributed by atoms with Gasteiger partial charge in [-0.3, -0.25) is 4.79 Å². The monoisotopic (exact) mass is 286 g/mol. The highest BCUT2D eigenvalue weighted by molar-refractivity contribution is 5.96. The lowest BCUT2D eigenvalue weighted by Crippen LogP contribution is -2.26. The molecule has 3 nitrogen and oxygen atoms in total. The minimum atomic E-state index is 0.0995. The number of nitrogens with one attached hydrogen (secondary N) is 2. The van der Waals surface area contributed by atoms with Gasteiger partial charge >= 0.3 is 0 Å². The Bertz CT molecular complexity index is 526. The molecule has 1 heterocycles. The lowest BCUT2D eigenvalue weighted by Gasteiger charge is -2.20. The first-order valence-corrected chi connectivity index (χ1v) is 8.35. The molecule has 0 bridgehead atoms. The van der Waals surface area contributed by atoms with Crippen LogP contribution in [0.5, 0.6) is 0 Å². The maximum absolute atomic E-state index is 12.2. The molecule has 2 N–H and O–H groups in total. The van der Waals surface area contributed by atoms with Crippen LogP contribution < -0.4 is 10.6 Å². The van der Waals surface area contributed by atoms with Crippen molar-refractivity contribution in [2.75, 3.05) is 13.1 Å². The Kier molecular flexibility index (Phi) is 4.29. The molecule has 1 fully saturated rings. The van der Waals surface area contributed by atoms with Gasteiger partial charge in [0.1, 0.15) is 0 Å². The number of fused-ring (bicyclic) bond motifs is 1. The maximum atomic E-state index is 12.2. The van der Waals surface area contributed by atoms with Crippen LogP contribution >= 0.6 is 0 Å². The number of hydrogen-bond donors (Lipinski definition) is 2. The molecule has 1 aliphatic heterocycles. The van der Waals surface area contributed by atoms with Crippen molar-refractivity contribution in [3.05, 3.63) is 34.9 Å². The molecule has 3 heteroatoms. The summed E-state index contributed by atoms with van der Waals surface area (Å²) in [6.07, 6.45) is 4.48. The van der Waals surface area contributed by atoms with Gasteiger partial charge in [0.15, 0.2) is 0 Å². The van der Waals surface area contributed by atoms with Crippen molar-refractivity contribution < 1.29 is 4.79 Å². The summed E-state index contributed by atoms with van der Waals surface area (Å²) in [7, 11) is 0. The first-order valence-electron chi connectivity index (χ1n) is 8.35. The van der Waals surface area contributed by atoms with Crippen LogP contribution in [0.25, 0.3) is 0 Å². The molecule has 21 heavy (non-hydrogen) atoms. The molecule has 0 spiro atoms. The zero-order valence-corrected chi connectivity index (χ0v) is 13.1. The third-order valence-electron chi connectivity index (χ3n) is 4.86. The number of aryl methyl sites for hydroxylation is 1. The number of carbonyl (C=O) groups is 1. The van der Waals surface area contributed by atoms with E-state index in [-0.39, 0.29) is 5.91 Å². The smallest absolute Gasteiger partial charge is 0.251 e. The molecular formula is C18H26N2O. The largest absolute Gasteiger partial charge is 0.352 e. The van der Waals surface area contributed by atoms with E-state index in [9.17, 15) is 4.79 Å². The van der Waals surface area contributed by atoms with Crippen molar-refractivity contribution in [3.8, 4) is 0 Å². The van der Waals surface area contributed by atoms with Gasteiger partial charge in [-0.05, 0) is 61.3 Å². The third kappa shape index (κ3) is 3.13. The fraction of sp³-hybridized carbons (Fsp3) is 0.611. The number of benzene rings is 1. The van der Waals surface area contributed by atoms with Crippen molar-refractivity contribution in [2.24, 2.45) is 11.8 Å². The first-order chi connectivity index (χ1) is 10.2. The van der Waals surface area contributed by atoms with E-state index in [4.69, 9.17) is 0 Å². The summed E-state index contributed by atoms with van der Waals surface area (Å²) in [4.78, 5) is 12.2. The molecule has 3 rings (SSSR count). The Hall–Kier alpha value is -1.35. The Labute approximate surface area is 127 Å². The van der Waals surface area contributed by atoms with Gasteiger partial charge in [-0.2, -0.15) is 0 Å². The summed E-state index contributed by atoms with van der Waals surface area (Å²) in [6.45, 7) is 6.35. The van der Waals surface area contributed by atoms with Crippen molar-refractivity contribution in [1.29, 1.82) is 0 Å². The number of rotatable bonds is 5. The van der Waals surface area contributed by atoms with Crippen LogP contribution in [0.4, 0.5) is 0 Å². The van der Waals surface area contributed by atoms with E-state index in [0.717, 1.165) is 49.8 Å². The standard InChI is InChI=1S/C18H26N2O/c1-3-8-19-17(15-10-12(15)2)14-7-6-13-5-4-9-20-18(21)16(13)11-14/h6-7,11-12,15,17,19H,3-5,8-10H2,1-2H3,(H,20,21). The Morgan fingerprint density at radius 3 is 2.95 bits per heavy atom. The van der Waals surface area contributed by atoms with Gasteiger partial charge < -0.3 is 10.6 Å². The summed E-state index contributed by atoms with van der Waals surface area (Å²) in [5.41, 5.74) is 3.38. The molecule has 1 saturated carbocycles. The molecule has 1 amide bonds. The van der Waals surface area contributed by atoms with E-state index in [1.807, 2.05) is 0 Å². The van der Waals surface area contributed by atoms with E-state index in [0.29, 0.717) is 6.04 Å². The van der Waals surface area contributed by atoms with E-state index in [2.05, 4.69) is 42.7 Å². The van der Waals surface area contributed by atoms with Crippen LogP contribution in [-0.2, 0) is 6.42 Å². The van der Waals surface area contributed by atoms with Crippen molar-refractivity contribution in [2.45, 2.75) is 45.6 Å². The number of carbonyl (C=O) groups excluding carboxylic acids is 1. The molecule has 1 aromatic carbocycles. The molecular weight excluding hydrogens is 260 g/mol. The third-order valence-corrected chi connectivity index (χ3v) is 4.86. The molecule has 114 valence electrons. The molecule has 1 aliphatic carbocycles. The highest BCUT2D eigenvalue weighted by atomic mass is 16.1. The first kappa shape index (κ1) is 14.6. The molecule has 3 atom stereocenters. The summed E-state index contributed by atoms with van der Waals surface area (Å²) in [6, 6.07) is 6.94. The fourth-order valence-corrected chi connectivity index (χ4v) is 3.42. The average Bonchev–Trinajstić information content (AvgIpc) is 3.23. The lowest BCUT2D eigenvalue weighted by atomic mass is 9.94. The Balaban J connectivity index is 1.88. The minimum absolute atomic E-state index is 0.0995. The number of amides is 1. The van der Waals surface area contributed by atoms with Gasteiger partial charge in [-0.1, -0.05) is 26.0 Å². The fourth-order valence-electron chi connectivity index (χ4n) is 3.42. The molecule has 0 saturated heterocycles.